The van der Waals surface area contributed by atoms with Crippen LogP contribution in [0.2, 0.25) is 0 Å². The topological polar surface area (TPSA) is 35.6 Å². The van der Waals surface area contributed by atoms with Crippen LogP contribution in [0.3, 0.4) is 0 Å². The Morgan fingerprint density at radius 3 is 2.54 bits per heavy atom. The highest BCUT2D eigenvalue weighted by Crippen LogP contribution is 2.47. The summed E-state index contributed by atoms with van der Waals surface area (Å²) in [5.41, 5.74) is 3.47. The number of thioether (sulfide) groups is 1. The van der Waals surface area contributed by atoms with Crippen LogP contribution in [0.5, 0.6) is 0 Å². The minimum atomic E-state index is -0.120. The molecule has 0 radical (unpaired) electrons. The van der Waals surface area contributed by atoms with Gasteiger partial charge < -0.3 is 5.32 Å². The van der Waals surface area contributed by atoms with Crippen molar-refractivity contribution in [2.75, 3.05) is 18.0 Å². The Kier molecular flexibility index (Phi) is 4.70. The van der Waals surface area contributed by atoms with E-state index in [1.807, 2.05) is 30.3 Å². The average molecular weight is 408 g/mol. The van der Waals surface area contributed by atoms with Gasteiger partial charge in [0.1, 0.15) is 0 Å². The highest BCUT2D eigenvalue weighted by atomic mass is 32.2. The van der Waals surface area contributed by atoms with E-state index in [2.05, 4.69) is 40.5 Å². The summed E-state index contributed by atoms with van der Waals surface area (Å²) >= 11 is 7.33. The molecule has 1 N–H and O–H groups in total. The molecule has 0 aliphatic carbocycles. The number of hydrogen-bond acceptors (Lipinski definition) is 4. The molecule has 1 fully saturated rings. The lowest BCUT2D eigenvalue weighted by molar-refractivity contribution is -0.121. The summed E-state index contributed by atoms with van der Waals surface area (Å²) in [4.78, 5) is 18.9. The summed E-state index contributed by atoms with van der Waals surface area (Å²) in [6.07, 6.45) is 0.944. The van der Waals surface area contributed by atoms with Gasteiger partial charge in [-0.05, 0) is 41.9 Å². The Morgan fingerprint density at radius 2 is 1.79 bits per heavy atom. The first-order chi connectivity index (χ1) is 13.7. The molecule has 0 spiro atoms. The molecule has 1 amide bonds. The number of amides is 1. The summed E-state index contributed by atoms with van der Waals surface area (Å²) < 4.78 is 0. The predicted octanol–water partition coefficient (Wildman–Crippen LogP) is 3.76. The van der Waals surface area contributed by atoms with Crippen LogP contribution in [0.15, 0.2) is 71.1 Å². The second kappa shape index (κ2) is 7.35. The molecule has 2 aromatic rings. The fourth-order valence-electron chi connectivity index (χ4n) is 4.26. The molecule has 1 saturated heterocycles. The first kappa shape index (κ1) is 17.9. The summed E-state index contributed by atoms with van der Waals surface area (Å²) in [5.74, 6) is -0.0141. The van der Waals surface area contributed by atoms with Gasteiger partial charge in [-0.1, -0.05) is 48.5 Å². The second-order valence-corrected chi connectivity index (χ2v) is 8.99. The molecule has 28 heavy (non-hydrogen) atoms. The number of benzene rings is 2. The van der Waals surface area contributed by atoms with Crippen LogP contribution in [-0.4, -0.2) is 34.4 Å². The maximum atomic E-state index is 13.4. The summed E-state index contributed by atoms with van der Waals surface area (Å²) in [7, 11) is 0. The van der Waals surface area contributed by atoms with Crippen LogP contribution in [0.4, 0.5) is 5.69 Å². The SMILES string of the molecule is O=C1C2C3=C(CN(Cc4ccccc4)CC3)SC2NC(=S)N1c1ccccc1. The van der Waals surface area contributed by atoms with Crippen LogP contribution < -0.4 is 10.2 Å². The molecule has 5 rings (SSSR count). The maximum absolute atomic E-state index is 13.4. The van der Waals surface area contributed by atoms with Gasteiger partial charge in [-0.3, -0.25) is 14.6 Å². The van der Waals surface area contributed by atoms with E-state index >= 15 is 0 Å². The molecule has 2 aromatic carbocycles. The van der Waals surface area contributed by atoms with Crippen LogP contribution in [0.1, 0.15) is 12.0 Å². The number of carbonyl (C=O) groups is 1. The fourth-order valence-corrected chi connectivity index (χ4v) is 6.19. The van der Waals surface area contributed by atoms with Crippen LogP contribution >= 0.6 is 24.0 Å². The molecule has 6 heteroatoms. The van der Waals surface area contributed by atoms with Gasteiger partial charge in [-0.2, -0.15) is 0 Å². The average Bonchev–Trinajstić information content (AvgIpc) is 3.07. The molecular formula is C22H21N3OS2. The number of nitrogens with one attached hydrogen (secondary N) is 1. The van der Waals surface area contributed by atoms with Crippen molar-refractivity contribution in [3.05, 3.63) is 76.7 Å². The van der Waals surface area contributed by atoms with Crippen molar-refractivity contribution in [3.8, 4) is 0 Å². The van der Waals surface area contributed by atoms with E-state index in [-0.39, 0.29) is 17.2 Å². The number of carbonyl (C=O) groups excluding carboxylic acids is 1. The smallest absolute Gasteiger partial charge is 0.243 e. The van der Waals surface area contributed by atoms with Crippen molar-refractivity contribution in [2.24, 2.45) is 5.92 Å². The fraction of sp³-hybridized carbons (Fsp3) is 0.273. The third-order valence-corrected chi connectivity index (χ3v) is 7.21. The number of anilines is 1. The molecule has 3 aliphatic rings. The van der Waals surface area contributed by atoms with Gasteiger partial charge in [0.05, 0.1) is 17.0 Å². The number of fused-ring (bicyclic) bond motifs is 2. The summed E-state index contributed by atoms with van der Waals surface area (Å²) in [5, 5.41) is 3.95. The van der Waals surface area contributed by atoms with Gasteiger partial charge in [-0.15, -0.1) is 11.8 Å². The third-order valence-electron chi connectivity index (χ3n) is 5.59. The van der Waals surface area contributed by atoms with Gasteiger partial charge in [0, 0.05) is 24.5 Å². The number of hydrogen-bond donors (Lipinski definition) is 1. The third kappa shape index (κ3) is 3.15. The van der Waals surface area contributed by atoms with Gasteiger partial charge >= 0.3 is 0 Å². The van der Waals surface area contributed by atoms with Crippen LogP contribution in [0, 0.1) is 5.92 Å². The molecule has 3 aliphatic heterocycles. The summed E-state index contributed by atoms with van der Waals surface area (Å²) in [6.45, 7) is 2.85. The molecule has 142 valence electrons. The van der Waals surface area contributed by atoms with Gasteiger partial charge in [0.2, 0.25) is 5.91 Å². The van der Waals surface area contributed by atoms with Gasteiger partial charge in [0.15, 0.2) is 5.11 Å². The minimum absolute atomic E-state index is 0.0293. The molecule has 0 aromatic heterocycles. The number of nitrogens with zero attached hydrogens (tertiary/aromatic N) is 2. The van der Waals surface area contributed by atoms with E-state index in [4.69, 9.17) is 12.2 Å². The minimum Gasteiger partial charge on any atom is -0.349 e. The van der Waals surface area contributed by atoms with Crippen molar-refractivity contribution < 1.29 is 4.79 Å². The number of rotatable bonds is 3. The maximum Gasteiger partial charge on any atom is 0.243 e. The highest BCUT2D eigenvalue weighted by Gasteiger charge is 2.48. The molecule has 2 atom stereocenters. The van der Waals surface area contributed by atoms with E-state index in [1.54, 1.807) is 16.7 Å². The van der Waals surface area contributed by atoms with E-state index < -0.39 is 0 Å². The van der Waals surface area contributed by atoms with Crippen molar-refractivity contribution in [2.45, 2.75) is 18.3 Å². The van der Waals surface area contributed by atoms with Crippen LogP contribution in [-0.2, 0) is 11.3 Å². The Hall–Kier alpha value is -2.15. The zero-order valence-corrected chi connectivity index (χ0v) is 17.0. The summed E-state index contributed by atoms with van der Waals surface area (Å²) in [6, 6.07) is 20.3. The molecular weight excluding hydrogens is 386 g/mol. The Balaban J connectivity index is 1.37. The second-order valence-electron chi connectivity index (χ2n) is 7.37. The number of para-hydroxylation sites is 1. The zero-order valence-electron chi connectivity index (χ0n) is 15.4. The highest BCUT2D eigenvalue weighted by molar-refractivity contribution is 8.04. The lowest BCUT2D eigenvalue weighted by Gasteiger charge is -2.37. The van der Waals surface area contributed by atoms with Crippen molar-refractivity contribution in [1.82, 2.24) is 10.2 Å². The first-order valence-corrected chi connectivity index (χ1v) is 10.8. The number of thiocarbonyl (C=S) groups is 1. The Labute approximate surface area is 174 Å². The lowest BCUT2D eigenvalue weighted by Crippen LogP contribution is -2.58. The zero-order chi connectivity index (χ0) is 19.1. The molecule has 2 unspecified atom stereocenters. The van der Waals surface area contributed by atoms with Gasteiger partial charge in [-0.25, -0.2) is 0 Å². The largest absolute Gasteiger partial charge is 0.349 e. The lowest BCUT2D eigenvalue weighted by atomic mass is 9.90. The first-order valence-electron chi connectivity index (χ1n) is 9.55. The van der Waals surface area contributed by atoms with Crippen molar-refractivity contribution in [1.29, 1.82) is 0 Å². The normalized spacial score (nSPS) is 24.8. The van der Waals surface area contributed by atoms with Gasteiger partial charge in [0.25, 0.3) is 0 Å². The predicted molar refractivity (Wildman–Crippen MR) is 118 cm³/mol. The van der Waals surface area contributed by atoms with Crippen molar-refractivity contribution >= 4 is 40.7 Å². The van der Waals surface area contributed by atoms with Crippen molar-refractivity contribution in [3.63, 3.8) is 0 Å². The van der Waals surface area contributed by atoms with E-state index in [1.165, 1.54) is 16.0 Å². The van der Waals surface area contributed by atoms with Crippen LogP contribution in [0.25, 0.3) is 0 Å². The van der Waals surface area contributed by atoms with E-state index in [0.29, 0.717) is 5.11 Å². The molecule has 4 nitrogen and oxygen atoms in total. The molecule has 3 heterocycles. The Morgan fingerprint density at radius 1 is 1.07 bits per heavy atom. The van der Waals surface area contributed by atoms with E-state index in [9.17, 15) is 4.79 Å². The molecule has 0 saturated carbocycles. The molecule has 0 bridgehead atoms. The monoisotopic (exact) mass is 407 g/mol. The Bertz CT molecular complexity index is 945. The quantitative estimate of drug-likeness (QED) is 0.784. The van der Waals surface area contributed by atoms with E-state index in [0.717, 1.165) is 31.7 Å². The standard InChI is InChI=1S/C22H21N3OS2/c26-21-19-17-11-12-24(13-15-7-3-1-4-8-15)14-18(17)28-20(19)23-22(27)25(21)16-9-5-2-6-10-16/h1-10,19-20H,11-14H2,(H,23,27).